The second-order valence-corrected chi connectivity index (χ2v) is 4.82. The van der Waals surface area contributed by atoms with Crippen LogP contribution in [0.15, 0.2) is 18.3 Å². The Morgan fingerprint density at radius 1 is 1.50 bits per heavy atom. The van der Waals surface area contributed by atoms with Crippen molar-refractivity contribution in [2.75, 3.05) is 12.0 Å². The number of nitrogens with one attached hydrogen (secondary N) is 1. The van der Waals surface area contributed by atoms with Crippen LogP contribution in [-0.2, 0) is 6.54 Å². The van der Waals surface area contributed by atoms with Crippen molar-refractivity contribution in [3.05, 3.63) is 23.9 Å². The molecule has 2 rings (SSSR count). The minimum atomic E-state index is 0.683. The molecule has 2 atom stereocenters. The molecule has 4 heteroatoms. The number of hydrogen-bond acceptors (Lipinski definition) is 4. The summed E-state index contributed by atoms with van der Waals surface area (Å²) in [5.74, 6) is 6.81. The zero-order valence-corrected chi connectivity index (χ0v) is 9.98. The molecule has 88 valence electrons. The average Bonchev–Trinajstić information content (AvgIpc) is 2.59. The molecular formula is C12H20N4. The van der Waals surface area contributed by atoms with Crippen LogP contribution in [0, 0.1) is 5.92 Å². The third-order valence-electron chi connectivity index (χ3n) is 3.27. The highest BCUT2D eigenvalue weighted by molar-refractivity contribution is 5.33. The highest BCUT2D eigenvalue weighted by atomic mass is 15.2. The predicted molar refractivity (Wildman–Crippen MR) is 65.7 cm³/mol. The summed E-state index contributed by atoms with van der Waals surface area (Å²) in [4.78, 5) is 6.73. The molecule has 0 spiro atoms. The summed E-state index contributed by atoms with van der Waals surface area (Å²) < 4.78 is 0. The summed E-state index contributed by atoms with van der Waals surface area (Å²) in [6.07, 6.45) is 3.20. The SMILES string of the molecule is CC1CC(C)N(Cc2ccc(NN)nc2)C1. The first-order valence-corrected chi connectivity index (χ1v) is 5.84. The average molecular weight is 220 g/mol. The molecule has 1 aliphatic heterocycles. The monoisotopic (exact) mass is 220 g/mol. The lowest BCUT2D eigenvalue weighted by atomic mass is 10.1. The van der Waals surface area contributed by atoms with Crippen molar-refractivity contribution >= 4 is 5.82 Å². The molecule has 4 nitrogen and oxygen atoms in total. The van der Waals surface area contributed by atoms with E-state index in [9.17, 15) is 0 Å². The lowest BCUT2D eigenvalue weighted by molar-refractivity contribution is 0.256. The number of rotatable bonds is 3. The topological polar surface area (TPSA) is 54.2 Å². The number of hydrogen-bond donors (Lipinski definition) is 2. The van der Waals surface area contributed by atoms with Crippen molar-refractivity contribution in [2.24, 2.45) is 11.8 Å². The van der Waals surface area contributed by atoms with Gasteiger partial charge in [0.2, 0.25) is 0 Å². The number of anilines is 1. The van der Waals surface area contributed by atoms with E-state index < -0.39 is 0 Å². The largest absolute Gasteiger partial charge is 0.308 e. The highest BCUT2D eigenvalue weighted by Crippen LogP contribution is 2.24. The van der Waals surface area contributed by atoms with E-state index in [0.29, 0.717) is 11.9 Å². The van der Waals surface area contributed by atoms with Gasteiger partial charge >= 0.3 is 0 Å². The van der Waals surface area contributed by atoms with Crippen LogP contribution in [0.3, 0.4) is 0 Å². The Balaban J connectivity index is 1.98. The fraction of sp³-hybridized carbons (Fsp3) is 0.583. The molecule has 0 aromatic carbocycles. The second-order valence-electron chi connectivity index (χ2n) is 4.82. The van der Waals surface area contributed by atoms with Gasteiger partial charge in [0, 0.05) is 25.3 Å². The number of pyridine rings is 1. The molecule has 0 radical (unpaired) electrons. The summed E-state index contributed by atoms with van der Waals surface area (Å²) in [5, 5.41) is 0. The number of aromatic nitrogens is 1. The van der Waals surface area contributed by atoms with Gasteiger partial charge in [-0.15, -0.1) is 0 Å². The minimum absolute atomic E-state index is 0.683. The number of nitrogens with two attached hydrogens (primary N) is 1. The zero-order chi connectivity index (χ0) is 11.5. The van der Waals surface area contributed by atoms with Gasteiger partial charge in [0.1, 0.15) is 5.82 Å². The first-order valence-electron chi connectivity index (χ1n) is 5.84. The van der Waals surface area contributed by atoms with E-state index >= 15 is 0 Å². The molecule has 1 aliphatic rings. The molecule has 16 heavy (non-hydrogen) atoms. The van der Waals surface area contributed by atoms with Gasteiger partial charge in [-0.2, -0.15) is 0 Å². The van der Waals surface area contributed by atoms with Crippen molar-refractivity contribution in [1.82, 2.24) is 9.88 Å². The fourth-order valence-corrected chi connectivity index (χ4v) is 2.44. The maximum atomic E-state index is 5.28. The van der Waals surface area contributed by atoms with Crippen molar-refractivity contribution < 1.29 is 0 Å². The zero-order valence-electron chi connectivity index (χ0n) is 9.98. The van der Waals surface area contributed by atoms with Crippen LogP contribution in [0.25, 0.3) is 0 Å². The molecule has 1 saturated heterocycles. The van der Waals surface area contributed by atoms with E-state index in [2.05, 4.69) is 35.2 Å². The van der Waals surface area contributed by atoms with Crippen molar-refractivity contribution in [3.8, 4) is 0 Å². The van der Waals surface area contributed by atoms with Crippen molar-refractivity contribution in [3.63, 3.8) is 0 Å². The maximum Gasteiger partial charge on any atom is 0.139 e. The number of nitrogen functional groups attached to an aromatic ring is 1. The predicted octanol–water partition coefficient (Wildman–Crippen LogP) is 1.60. The van der Waals surface area contributed by atoms with Gasteiger partial charge in [0.15, 0.2) is 0 Å². The van der Waals surface area contributed by atoms with E-state index in [-0.39, 0.29) is 0 Å². The molecule has 1 aromatic rings. The first-order chi connectivity index (χ1) is 7.69. The lowest BCUT2D eigenvalue weighted by Crippen LogP contribution is -2.26. The summed E-state index contributed by atoms with van der Waals surface area (Å²) in [6, 6.07) is 4.68. The molecule has 1 aromatic heterocycles. The van der Waals surface area contributed by atoms with Crippen molar-refractivity contribution in [2.45, 2.75) is 32.9 Å². The normalized spacial score (nSPS) is 25.9. The molecule has 0 bridgehead atoms. The van der Waals surface area contributed by atoms with Crippen LogP contribution in [0.1, 0.15) is 25.8 Å². The van der Waals surface area contributed by atoms with Gasteiger partial charge in [-0.3, -0.25) is 4.90 Å². The highest BCUT2D eigenvalue weighted by Gasteiger charge is 2.25. The Hall–Kier alpha value is -1.13. The lowest BCUT2D eigenvalue weighted by Gasteiger charge is -2.20. The van der Waals surface area contributed by atoms with Gasteiger partial charge < -0.3 is 5.43 Å². The summed E-state index contributed by atoms with van der Waals surface area (Å²) >= 11 is 0. The Morgan fingerprint density at radius 2 is 2.31 bits per heavy atom. The standard InChI is InChI=1S/C12H20N4/c1-9-5-10(2)16(7-9)8-11-3-4-12(15-13)14-6-11/h3-4,6,9-10H,5,7-8,13H2,1-2H3,(H,14,15). The van der Waals surface area contributed by atoms with Gasteiger partial charge in [-0.25, -0.2) is 10.8 Å². The smallest absolute Gasteiger partial charge is 0.139 e. The molecule has 0 aliphatic carbocycles. The maximum absolute atomic E-state index is 5.28. The van der Waals surface area contributed by atoms with Crippen LogP contribution < -0.4 is 11.3 Å². The minimum Gasteiger partial charge on any atom is -0.308 e. The summed E-state index contributed by atoms with van der Waals surface area (Å²) in [5.41, 5.74) is 3.79. The molecular weight excluding hydrogens is 200 g/mol. The third-order valence-corrected chi connectivity index (χ3v) is 3.27. The summed E-state index contributed by atoms with van der Waals surface area (Å²) in [6.45, 7) is 6.80. The first kappa shape index (κ1) is 11.4. The Kier molecular flexibility index (Phi) is 3.41. The number of hydrazine groups is 1. The quantitative estimate of drug-likeness (QED) is 0.600. The van der Waals surface area contributed by atoms with Crippen LogP contribution >= 0.6 is 0 Å². The van der Waals surface area contributed by atoms with Gasteiger partial charge in [0.05, 0.1) is 0 Å². The molecule has 0 amide bonds. The van der Waals surface area contributed by atoms with E-state index in [1.165, 1.54) is 18.5 Å². The number of likely N-dealkylation sites (tertiary alicyclic amines) is 1. The molecule has 1 fully saturated rings. The van der Waals surface area contributed by atoms with Gasteiger partial charge in [-0.05, 0) is 30.9 Å². The summed E-state index contributed by atoms with van der Waals surface area (Å²) in [7, 11) is 0. The molecule has 0 saturated carbocycles. The fourth-order valence-electron chi connectivity index (χ4n) is 2.44. The Morgan fingerprint density at radius 3 is 2.81 bits per heavy atom. The molecule has 2 heterocycles. The van der Waals surface area contributed by atoms with Crippen LogP contribution in [0.2, 0.25) is 0 Å². The second kappa shape index (κ2) is 4.80. The van der Waals surface area contributed by atoms with Crippen LogP contribution in [0.4, 0.5) is 5.82 Å². The third kappa shape index (κ3) is 2.51. The van der Waals surface area contributed by atoms with Gasteiger partial charge in [0.25, 0.3) is 0 Å². The van der Waals surface area contributed by atoms with Crippen LogP contribution in [0.5, 0.6) is 0 Å². The van der Waals surface area contributed by atoms with Gasteiger partial charge in [-0.1, -0.05) is 13.0 Å². The van der Waals surface area contributed by atoms with Crippen molar-refractivity contribution in [1.29, 1.82) is 0 Å². The molecule has 2 unspecified atom stereocenters. The Bertz CT molecular complexity index is 335. The Labute approximate surface area is 96.8 Å². The van der Waals surface area contributed by atoms with E-state index in [0.717, 1.165) is 12.5 Å². The van der Waals surface area contributed by atoms with E-state index in [1.54, 1.807) is 0 Å². The van der Waals surface area contributed by atoms with E-state index in [4.69, 9.17) is 5.84 Å². The number of nitrogens with zero attached hydrogens (tertiary/aromatic N) is 2. The van der Waals surface area contributed by atoms with Crippen LogP contribution in [-0.4, -0.2) is 22.5 Å². The van der Waals surface area contributed by atoms with E-state index in [1.807, 2.05) is 12.3 Å². The molecule has 3 N–H and O–H groups in total.